The van der Waals surface area contributed by atoms with Crippen LogP contribution in [-0.4, -0.2) is 40.5 Å². The van der Waals surface area contributed by atoms with Crippen LogP contribution in [0.25, 0.3) is 0 Å². The smallest absolute Gasteiger partial charge is 0.273 e. The van der Waals surface area contributed by atoms with Crippen LogP contribution in [0.3, 0.4) is 0 Å². The standard InChI is InChI=1S/C13H23N5O/c1-10(2)3-8-15-13(19)12-9-18(17-16-12)11-4-6-14-7-5-11/h9-11,14H,3-8H2,1-2H3,(H,15,19). The Bertz CT molecular complexity index is 409. The fourth-order valence-corrected chi connectivity index (χ4v) is 2.20. The molecule has 0 spiro atoms. The molecular weight excluding hydrogens is 242 g/mol. The lowest BCUT2D eigenvalue weighted by atomic mass is 10.1. The van der Waals surface area contributed by atoms with Gasteiger partial charge in [0, 0.05) is 6.54 Å². The van der Waals surface area contributed by atoms with E-state index < -0.39 is 0 Å². The van der Waals surface area contributed by atoms with Crippen LogP contribution in [0.4, 0.5) is 0 Å². The summed E-state index contributed by atoms with van der Waals surface area (Å²) >= 11 is 0. The van der Waals surface area contributed by atoms with Gasteiger partial charge in [-0.1, -0.05) is 19.1 Å². The SMILES string of the molecule is CC(C)CCNC(=O)c1cn(C2CCNCC2)nn1. The van der Waals surface area contributed by atoms with Crippen molar-refractivity contribution in [3.63, 3.8) is 0 Å². The summed E-state index contributed by atoms with van der Waals surface area (Å²) < 4.78 is 1.83. The van der Waals surface area contributed by atoms with Crippen LogP contribution in [0.2, 0.25) is 0 Å². The minimum Gasteiger partial charge on any atom is -0.351 e. The molecule has 1 aromatic rings. The van der Waals surface area contributed by atoms with Crippen LogP contribution in [0, 0.1) is 5.92 Å². The number of piperidine rings is 1. The first kappa shape index (κ1) is 14.0. The third-order valence-corrected chi connectivity index (χ3v) is 3.43. The van der Waals surface area contributed by atoms with Gasteiger partial charge in [-0.05, 0) is 38.3 Å². The van der Waals surface area contributed by atoms with Crippen molar-refractivity contribution >= 4 is 5.91 Å². The van der Waals surface area contributed by atoms with E-state index in [1.807, 2.05) is 4.68 Å². The Kier molecular flexibility index (Phi) is 4.90. The van der Waals surface area contributed by atoms with E-state index in [2.05, 4.69) is 34.8 Å². The van der Waals surface area contributed by atoms with E-state index in [1.165, 1.54) is 0 Å². The highest BCUT2D eigenvalue weighted by atomic mass is 16.2. The highest BCUT2D eigenvalue weighted by Gasteiger charge is 2.18. The van der Waals surface area contributed by atoms with Gasteiger partial charge in [-0.2, -0.15) is 0 Å². The van der Waals surface area contributed by atoms with E-state index in [4.69, 9.17) is 0 Å². The fraction of sp³-hybridized carbons (Fsp3) is 0.769. The van der Waals surface area contributed by atoms with Gasteiger partial charge in [0.1, 0.15) is 0 Å². The fourth-order valence-electron chi connectivity index (χ4n) is 2.20. The quantitative estimate of drug-likeness (QED) is 0.832. The number of nitrogens with zero attached hydrogens (tertiary/aromatic N) is 3. The summed E-state index contributed by atoms with van der Waals surface area (Å²) in [6.45, 7) is 6.97. The lowest BCUT2D eigenvalue weighted by Crippen LogP contribution is -2.29. The molecule has 6 heteroatoms. The molecule has 1 saturated heterocycles. The van der Waals surface area contributed by atoms with Crippen LogP contribution >= 0.6 is 0 Å². The number of carbonyl (C=O) groups is 1. The molecule has 0 aromatic carbocycles. The Labute approximate surface area is 113 Å². The maximum absolute atomic E-state index is 11.9. The Balaban J connectivity index is 1.87. The van der Waals surface area contributed by atoms with Gasteiger partial charge in [-0.15, -0.1) is 5.10 Å². The number of nitrogens with one attached hydrogen (secondary N) is 2. The minimum absolute atomic E-state index is 0.124. The second kappa shape index (κ2) is 6.65. The molecule has 106 valence electrons. The third kappa shape index (κ3) is 4.02. The molecule has 1 aliphatic rings. The van der Waals surface area contributed by atoms with Crippen LogP contribution in [0.1, 0.15) is 49.6 Å². The summed E-state index contributed by atoms with van der Waals surface area (Å²) in [5.41, 5.74) is 0.419. The van der Waals surface area contributed by atoms with Gasteiger partial charge in [0.05, 0.1) is 12.2 Å². The molecule has 0 atom stereocenters. The summed E-state index contributed by atoms with van der Waals surface area (Å²) in [7, 11) is 0. The normalized spacial score (nSPS) is 16.8. The Hall–Kier alpha value is -1.43. The molecule has 0 unspecified atom stereocenters. The maximum Gasteiger partial charge on any atom is 0.273 e. The van der Waals surface area contributed by atoms with E-state index in [-0.39, 0.29) is 5.91 Å². The zero-order valence-electron chi connectivity index (χ0n) is 11.7. The van der Waals surface area contributed by atoms with E-state index >= 15 is 0 Å². The van der Waals surface area contributed by atoms with Crippen LogP contribution in [-0.2, 0) is 0 Å². The average molecular weight is 265 g/mol. The summed E-state index contributed by atoms with van der Waals surface area (Å²) in [6, 6.07) is 0.367. The van der Waals surface area contributed by atoms with Gasteiger partial charge in [0.2, 0.25) is 0 Å². The Morgan fingerprint density at radius 3 is 2.95 bits per heavy atom. The van der Waals surface area contributed by atoms with Crippen molar-refractivity contribution in [3.8, 4) is 0 Å². The molecule has 1 amide bonds. The average Bonchev–Trinajstić information content (AvgIpc) is 2.89. The van der Waals surface area contributed by atoms with Gasteiger partial charge in [-0.25, -0.2) is 4.68 Å². The number of hydrogen-bond donors (Lipinski definition) is 2. The van der Waals surface area contributed by atoms with E-state index in [9.17, 15) is 4.79 Å². The van der Waals surface area contributed by atoms with Gasteiger partial charge >= 0.3 is 0 Å². The monoisotopic (exact) mass is 265 g/mol. The van der Waals surface area contributed by atoms with Crippen LogP contribution < -0.4 is 10.6 Å². The first-order valence-electron chi connectivity index (χ1n) is 7.07. The van der Waals surface area contributed by atoms with E-state index in [1.54, 1.807) is 6.20 Å². The molecule has 1 fully saturated rings. The molecule has 19 heavy (non-hydrogen) atoms. The number of aromatic nitrogens is 3. The molecule has 1 aromatic heterocycles. The predicted octanol–water partition coefficient (Wildman–Crippen LogP) is 0.978. The third-order valence-electron chi connectivity index (χ3n) is 3.43. The zero-order chi connectivity index (χ0) is 13.7. The molecule has 6 nitrogen and oxygen atoms in total. The highest BCUT2D eigenvalue weighted by Crippen LogP contribution is 2.16. The summed E-state index contributed by atoms with van der Waals surface area (Å²) in [6.07, 6.45) is 4.82. The van der Waals surface area contributed by atoms with Crippen LogP contribution in [0.15, 0.2) is 6.20 Å². The highest BCUT2D eigenvalue weighted by molar-refractivity contribution is 5.91. The van der Waals surface area contributed by atoms with Gasteiger partial charge in [-0.3, -0.25) is 4.79 Å². The molecule has 0 bridgehead atoms. The lowest BCUT2D eigenvalue weighted by Gasteiger charge is -2.22. The molecule has 0 radical (unpaired) electrons. The molecule has 0 aliphatic carbocycles. The topological polar surface area (TPSA) is 71.8 Å². The maximum atomic E-state index is 11.9. The van der Waals surface area contributed by atoms with Crippen molar-refractivity contribution in [1.82, 2.24) is 25.6 Å². The molecule has 1 aliphatic heterocycles. The van der Waals surface area contributed by atoms with Crippen molar-refractivity contribution in [3.05, 3.63) is 11.9 Å². The molecule has 0 saturated carbocycles. The Morgan fingerprint density at radius 1 is 1.53 bits per heavy atom. The van der Waals surface area contributed by atoms with E-state index in [0.29, 0.717) is 24.2 Å². The largest absolute Gasteiger partial charge is 0.351 e. The summed E-state index contributed by atoms with van der Waals surface area (Å²) in [5.74, 6) is 0.464. The number of amides is 1. The number of rotatable bonds is 5. The van der Waals surface area contributed by atoms with E-state index in [0.717, 1.165) is 32.4 Å². The van der Waals surface area contributed by atoms with Crippen molar-refractivity contribution in [2.45, 2.75) is 39.2 Å². The summed E-state index contributed by atoms with van der Waals surface area (Å²) in [5, 5.41) is 14.2. The first-order valence-corrected chi connectivity index (χ1v) is 7.07. The number of carbonyl (C=O) groups excluding carboxylic acids is 1. The molecule has 2 rings (SSSR count). The van der Waals surface area contributed by atoms with Gasteiger partial charge in [0.15, 0.2) is 5.69 Å². The van der Waals surface area contributed by atoms with Crippen molar-refractivity contribution in [1.29, 1.82) is 0 Å². The van der Waals surface area contributed by atoms with Crippen molar-refractivity contribution < 1.29 is 4.79 Å². The molecule has 2 heterocycles. The second-order valence-electron chi connectivity index (χ2n) is 5.50. The minimum atomic E-state index is -0.124. The van der Waals surface area contributed by atoms with Gasteiger partial charge in [0.25, 0.3) is 5.91 Å². The number of hydrogen-bond acceptors (Lipinski definition) is 4. The van der Waals surface area contributed by atoms with Gasteiger partial charge < -0.3 is 10.6 Å². The second-order valence-corrected chi connectivity index (χ2v) is 5.50. The molecule has 2 N–H and O–H groups in total. The molecular formula is C13H23N5O. The van der Waals surface area contributed by atoms with Crippen molar-refractivity contribution in [2.24, 2.45) is 5.92 Å². The first-order chi connectivity index (χ1) is 9.16. The van der Waals surface area contributed by atoms with Crippen molar-refractivity contribution in [2.75, 3.05) is 19.6 Å². The van der Waals surface area contributed by atoms with Crippen LogP contribution in [0.5, 0.6) is 0 Å². The Morgan fingerprint density at radius 2 is 2.26 bits per heavy atom. The zero-order valence-corrected chi connectivity index (χ0v) is 11.7. The lowest BCUT2D eigenvalue weighted by molar-refractivity contribution is 0.0947. The predicted molar refractivity (Wildman–Crippen MR) is 73.0 cm³/mol. The summed E-state index contributed by atoms with van der Waals surface area (Å²) in [4.78, 5) is 11.9.